The lowest BCUT2D eigenvalue weighted by atomic mass is 10.3. The number of rotatable bonds is 2. The van der Waals surface area contributed by atoms with Gasteiger partial charge < -0.3 is 5.32 Å². The van der Waals surface area contributed by atoms with Crippen molar-refractivity contribution in [1.29, 1.82) is 0 Å². The molecule has 1 N–H and O–H groups in total. The minimum absolute atomic E-state index is 0.292. The molecule has 2 aromatic heterocycles. The van der Waals surface area contributed by atoms with Gasteiger partial charge in [-0.2, -0.15) is 0 Å². The molecule has 2 heterocycles. The second-order valence-corrected chi connectivity index (χ2v) is 4.80. The lowest BCUT2D eigenvalue weighted by Gasteiger charge is -2.06. The number of carbonyl (C=O) groups excluding carboxylic acids is 1. The van der Waals surface area contributed by atoms with Gasteiger partial charge in [-0.05, 0) is 46.6 Å². The summed E-state index contributed by atoms with van der Waals surface area (Å²) >= 11 is 9.03. The Morgan fingerprint density at radius 1 is 1.44 bits per heavy atom. The van der Waals surface area contributed by atoms with Gasteiger partial charge in [-0.15, -0.1) is 0 Å². The topological polar surface area (TPSA) is 54.9 Å². The Hall–Kier alpha value is -1.46. The predicted octanol–water partition coefficient (Wildman–Crippen LogP) is 3.45. The maximum Gasteiger partial charge on any atom is 0.274 e. The Balaban J connectivity index is 2.18. The van der Waals surface area contributed by atoms with Crippen molar-refractivity contribution in [3.8, 4) is 0 Å². The first-order valence-electron chi connectivity index (χ1n) is 5.12. The minimum Gasteiger partial charge on any atom is -0.319 e. The summed E-state index contributed by atoms with van der Waals surface area (Å²) < 4.78 is 0.612. The molecular weight excluding hydrogens is 318 g/mol. The van der Waals surface area contributed by atoms with Crippen molar-refractivity contribution in [2.45, 2.75) is 6.92 Å². The highest BCUT2D eigenvalue weighted by Gasteiger charge is 2.08. The summed E-state index contributed by atoms with van der Waals surface area (Å²) in [6.45, 7) is 1.82. The van der Waals surface area contributed by atoms with Crippen molar-refractivity contribution in [2.24, 2.45) is 0 Å². The zero-order valence-corrected chi connectivity index (χ0v) is 11.8. The maximum atomic E-state index is 11.9. The number of anilines is 1. The fourth-order valence-corrected chi connectivity index (χ4v) is 1.80. The number of aromatic nitrogens is 2. The average molecular weight is 327 g/mol. The Bertz CT molecular complexity index is 604. The Morgan fingerprint density at radius 3 is 2.89 bits per heavy atom. The van der Waals surface area contributed by atoms with E-state index in [-0.39, 0.29) is 5.91 Å². The van der Waals surface area contributed by atoms with Crippen molar-refractivity contribution in [1.82, 2.24) is 9.97 Å². The smallest absolute Gasteiger partial charge is 0.274 e. The molecule has 18 heavy (non-hydrogen) atoms. The number of hydrogen-bond donors (Lipinski definition) is 1. The molecule has 0 bridgehead atoms. The van der Waals surface area contributed by atoms with E-state index in [1.807, 2.05) is 6.92 Å². The number of halogens is 2. The van der Waals surface area contributed by atoms with Crippen molar-refractivity contribution in [3.63, 3.8) is 0 Å². The SMILES string of the molecule is Cc1cc(NC(=O)c2cccc(Br)n2)cnc1Cl. The minimum atomic E-state index is -0.292. The molecule has 0 atom stereocenters. The molecule has 0 aliphatic heterocycles. The number of nitrogens with zero attached hydrogens (tertiary/aromatic N) is 2. The summed E-state index contributed by atoms with van der Waals surface area (Å²) in [5.41, 5.74) is 1.72. The highest BCUT2D eigenvalue weighted by atomic mass is 79.9. The molecule has 0 aliphatic rings. The predicted molar refractivity (Wildman–Crippen MR) is 73.9 cm³/mol. The number of amides is 1. The van der Waals surface area contributed by atoms with Crippen LogP contribution >= 0.6 is 27.5 Å². The van der Waals surface area contributed by atoms with Gasteiger partial charge in [0.05, 0.1) is 11.9 Å². The second kappa shape index (κ2) is 5.46. The molecule has 0 fully saturated rings. The van der Waals surface area contributed by atoms with E-state index in [2.05, 4.69) is 31.2 Å². The van der Waals surface area contributed by atoms with Gasteiger partial charge in [0.1, 0.15) is 15.5 Å². The van der Waals surface area contributed by atoms with Gasteiger partial charge in [0.15, 0.2) is 0 Å². The third-order valence-corrected chi connectivity index (χ3v) is 3.06. The van der Waals surface area contributed by atoms with E-state index in [0.29, 0.717) is 21.1 Å². The normalized spacial score (nSPS) is 10.2. The van der Waals surface area contributed by atoms with Crippen LogP contribution in [0.4, 0.5) is 5.69 Å². The summed E-state index contributed by atoms with van der Waals surface area (Å²) in [5.74, 6) is -0.292. The van der Waals surface area contributed by atoms with Crippen LogP contribution in [0.3, 0.4) is 0 Å². The zero-order chi connectivity index (χ0) is 13.1. The van der Waals surface area contributed by atoms with E-state index in [1.165, 1.54) is 6.20 Å². The van der Waals surface area contributed by atoms with Crippen LogP contribution in [0.2, 0.25) is 5.15 Å². The standard InChI is InChI=1S/C12H9BrClN3O/c1-7-5-8(6-15-11(7)14)16-12(18)9-3-2-4-10(13)17-9/h2-6H,1H3,(H,16,18). The molecular formula is C12H9BrClN3O. The first-order valence-corrected chi connectivity index (χ1v) is 6.29. The fourth-order valence-electron chi connectivity index (χ4n) is 1.36. The van der Waals surface area contributed by atoms with Gasteiger partial charge in [0, 0.05) is 0 Å². The van der Waals surface area contributed by atoms with Gasteiger partial charge in [0.2, 0.25) is 0 Å². The second-order valence-electron chi connectivity index (χ2n) is 3.63. The monoisotopic (exact) mass is 325 g/mol. The molecule has 2 aromatic rings. The van der Waals surface area contributed by atoms with E-state index in [0.717, 1.165) is 5.56 Å². The number of aryl methyl sites for hydroxylation is 1. The molecule has 92 valence electrons. The lowest BCUT2D eigenvalue weighted by molar-refractivity contribution is 0.102. The largest absolute Gasteiger partial charge is 0.319 e. The Morgan fingerprint density at radius 2 is 2.22 bits per heavy atom. The summed E-state index contributed by atoms with van der Waals surface area (Å²) in [4.78, 5) is 19.9. The Labute approximate surface area is 118 Å². The van der Waals surface area contributed by atoms with Gasteiger partial charge in [0.25, 0.3) is 5.91 Å². The molecule has 0 unspecified atom stereocenters. The Kier molecular flexibility index (Phi) is 3.93. The molecule has 0 aliphatic carbocycles. The van der Waals surface area contributed by atoms with Crippen LogP contribution in [0.25, 0.3) is 0 Å². The van der Waals surface area contributed by atoms with Gasteiger partial charge in [-0.25, -0.2) is 9.97 Å². The van der Waals surface area contributed by atoms with Crippen molar-refractivity contribution in [3.05, 3.63) is 51.5 Å². The van der Waals surface area contributed by atoms with Crippen LogP contribution in [0.1, 0.15) is 16.1 Å². The molecule has 4 nitrogen and oxygen atoms in total. The number of pyridine rings is 2. The average Bonchev–Trinajstić information content (AvgIpc) is 2.34. The zero-order valence-electron chi connectivity index (χ0n) is 9.45. The van der Waals surface area contributed by atoms with E-state index in [4.69, 9.17) is 11.6 Å². The number of carbonyl (C=O) groups is 1. The maximum absolute atomic E-state index is 11.9. The van der Waals surface area contributed by atoms with Crippen LogP contribution in [0.5, 0.6) is 0 Å². The molecule has 2 rings (SSSR count). The van der Waals surface area contributed by atoms with Crippen LogP contribution in [-0.2, 0) is 0 Å². The molecule has 0 spiro atoms. The van der Waals surface area contributed by atoms with Gasteiger partial charge in [-0.1, -0.05) is 17.7 Å². The van der Waals surface area contributed by atoms with Crippen molar-refractivity contribution < 1.29 is 4.79 Å². The first-order chi connectivity index (χ1) is 8.56. The highest BCUT2D eigenvalue weighted by molar-refractivity contribution is 9.10. The number of nitrogens with one attached hydrogen (secondary N) is 1. The van der Waals surface area contributed by atoms with Crippen LogP contribution < -0.4 is 5.32 Å². The van der Waals surface area contributed by atoms with Crippen LogP contribution in [0, 0.1) is 6.92 Å². The van der Waals surface area contributed by atoms with Gasteiger partial charge >= 0.3 is 0 Å². The summed E-state index contributed by atoms with van der Waals surface area (Å²) in [5, 5.41) is 3.13. The molecule has 0 radical (unpaired) electrons. The summed E-state index contributed by atoms with van der Waals surface area (Å²) in [6, 6.07) is 6.89. The van der Waals surface area contributed by atoms with E-state index in [9.17, 15) is 4.79 Å². The fraction of sp³-hybridized carbons (Fsp3) is 0.0833. The summed E-state index contributed by atoms with van der Waals surface area (Å²) in [7, 11) is 0. The van der Waals surface area contributed by atoms with Crippen molar-refractivity contribution in [2.75, 3.05) is 5.32 Å². The first kappa shape index (κ1) is 13.0. The lowest BCUT2D eigenvalue weighted by Crippen LogP contribution is -2.13. The highest BCUT2D eigenvalue weighted by Crippen LogP contribution is 2.16. The molecule has 0 saturated carbocycles. The van der Waals surface area contributed by atoms with Crippen LogP contribution in [-0.4, -0.2) is 15.9 Å². The van der Waals surface area contributed by atoms with E-state index < -0.39 is 0 Å². The van der Waals surface area contributed by atoms with Crippen LogP contribution in [0.15, 0.2) is 35.1 Å². The molecule has 0 saturated heterocycles. The molecule has 1 amide bonds. The molecule has 6 heteroatoms. The van der Waals surface area contributed by atoms with Gasteiger partial charge in [-0.3, -0.25) is 4.79 Å². The van der Waals surface area contributed by atoms with E-state index >= 15 is 0 Å². The quantitative estimate of drug-likeness (QED) is 0.860. The third kappa shape index (κ3) is 3.05. The summed E-state index contributed by atoms with van der Waals surface area (Å²) in [6.07, 6.45) is 1.51. The van der Waals surface area contributed by atoms with E-state index in [1.54, 1.807) is 24.3 Å². The number of hydrogen-bond acceptors (Lipinski definition) is 3. The third-order valence-electron chi connectivity index (χ3n) is 2.22. The van der Waals surface area contributed by atoms with Crippen molar-refractivity contribution >= 4 is 39.1 Å². The molecule has 0 aromatic carbocycles.